The third-order valence-electron chi connectivity index (χ3n) is 4.86. The molecule has 0 spiro atoms. The van der Waals surface area contributed by atoms with Crippen molar-refractivity contribution in [1.82, 2.24) is 9.88 Å². The lowest BCUT2D eigenvalue weighted by atomic mass is 9.82. The Hall–Kier alpha value is -1.81. The first-order chi connectivity index (χ1) is 10.5. The summed E-state index contributed by atoms with van der Waals surface area (Å²) < 4.78 is 0. The number of nitrogens with one attached hydrogen (secondary N) is 1. The number of carbonyl (C=O) groups excluding carboxylic acids is 1. The van der Waals surface area contributed by atoms with Crippen molar-refractivity contribution < 1.29 is 4.79 Å². The molecule has 0 aliphatic carbocycles. The number of benzene rings is 1. The Morgan fingerprint density at radius 1 is 1.32 bits per heavy atom. The van der Waals surface area contributed by atoms with Crippen LogP contribution in [0.15, 0.2) is 30.5 Å². The lowest BCUT2D eigenvalue weighted by Gasteiger charge is -2.37. The summed E-state index contributed by atoms with van der Waals surface area (Å²) in [5.74, 6) is 0.0841. The van der Waals surface area contributed by atoms with Crippen molar-refractivity contribution in [2.45, 2.75) is 39.2 Å². The van der Waals surface area contributed by atoms with Crippen LogP contribution in [0.4, 0.5) is 0 Å². The summed E-state index contributed by atoms with van der Waals surface area (Å²) in [5, 5.41) is 1.16. The Balaban J connectivity index is 1.67. The zero-order valence-electron chi connectivity index (χ0n) is 13.4. The molecule has 1 fully saturated rings. The Morgan fingerprint density at radius 3 is 2.73 bits per heavy atom. The lowest BCUT2D eigenvalue weighted by Crippen LogP contribution is -2.49. The van der Waals surface area contributed by atoms with Crippen LogP contribution < -0.4 is 5.73 Å². The van der Waals surface area contributed by atoms with Crippen LogP contribution in [0.2, 0.25) is 0 Å². The van der Waals surface area contributed by atoms with Crippen LogP contribution in [0, 0.1) is 5.41 Å². The Labute approximate surface area is 131 Å². The van der Waals surface area contributed by atoms with E-state index in [-0.39, 0.29) is 5.91 Å². The summed E-state index contributed by atoms with van der Waals surface area (Å²) in [4.78, 5) is 17.7. The fraction of sp³-hybridized carbons (Fsp3) is 0.500. The van der Waals surface area contributed by atoms with E-state index in [1.807, 2.05) is 29.3 Å². The van der Waals surface area contributed by atoms with Gasteiger partial charge in [-0.15, -0.1) is 0 Å². The van der Waals surface area contributed by atoms with Crippen molar-refractivity contribution in [2.24, 2.45) is 11.1 Å². The number of piperidine rings is 1. The number of rotatable bonds is 3. The second kappa shape index (κ2) is 5.76. The molecule has 1 aliphatic rings. The van der Waals surface area contributed by atoms with E-state index in [0.29, 0.717) is 11.8 Å². The number of fused-ring (bicyclic) bond motifs is 1. The quantitative estimate of drug-likeness (QED) is 0.915. The molecule has 1 aliphatic heterocycles. The predicted molar refractivity (Wildman–Crippen MR) is 89.6 cm³/mol. The fourth-order valence-electron chi connectivity index (χ4n) is 3.19. The number of nitrogens with two attached hydrogens (primary N) is 1. The number of amides is 1. The maximum atomic E-state index is 12.6. The molecule has 1 aromatic heterocycles. The molecule has 4 nitrogen and oxygen atoms in total. The summed E-state index contributed by atoms with van der Waals surface area (Å²) in [6.45, 7) is 6.18. The van der Waals surface area contributed by atoms with Crippen molar-refractivity contribution >= 4 is 16.8 Å². The van der Waals surface area contributed by atoms with Gasteiger partial charge in [0.1, 0.15) is 0 Å². The number of nitrogens with zero attached hydrogens (tertiary/aromatic N) is 1. The van der Waals surface area contributed by atoms with Crippen molar-refractivity contribution in [3.05, 3.63) is 36.0 Å². The van der Waals surface area contributed by atoms with Crippen molar-refractivity contribution in [3.63, 3.8) is 0 Å². The number of aromatic amines is 1. The standard InChI is InChI=1S/C18H25N3O/c1-18(2)7-9-21(10-8-18)17(22)15(19)11-13-12-20-16-6-4-3-5-14(13)16/h3-6,12,15,20H,7-11,19H2,1-2H3/t15-/m0/s1. The highest BCUT2D eigenvalue weighted by Gasteiger charge is 2.30. The van der Waals surface area contributed by atoms with Crippen LogP contribution in [0.1, 0.15) is 32.3 Å². The van der Waals surface area contributed by atoms with Gasteiger partial charge in [0.05, 0.1) is 6.04 Å². The molecule has 1 atom stereocenters. The number of aromatic nitrogens is 1. The van der Waals surface area contributed by atoms with Gasteiger partial charge in [0.2, 0.25) is 5.91 Å². The average Bonchev–Trinajstić information content (AvgIpc) is 2.90. The number of hydrogen-bond acceptors (Lipinski definition) is 2. The number of likely N-dealkylation sites (tertiary alicyclic amines) is 1. The number of carbonyl (C=O) groups is 1. The molecule has 118 valence electrons. The molecule has 4 heteroatoms. The molecule has 3 N–H and O–H groups in total. The Bertz CT molecular complexity index is 664. The summed E-state index contributed by atoms with van der Waals surface area (Å²) in [5.41, 5.74) is 8.75. The SMILES string of the molecule is CC1(C)CCN(C(=O)[C@@H](N)Cc2c[nH]c3ccccc23)CC1. The van der Waals surface area contributed by atoms with Gasteiger partial charge in [-0.2, -0.15) is 0 Å². The third kappa shape index (κ3) is 3.02. The van der Waals surface area contributed by atoms with Gasteiger partial charge in [-0.25, -0.2) is 0 Å². The lowest BCUT2D eigenvalue weighted by molar-refractivity contribution is -0.134. The van der Waals surface area contributed by atoms with Crippen LogP contribution in [0.3, 0.4) is 0 Å². The van der Waals surface area contributed by atoms with E-state index in [0.717, 1.165) is 42.4 Å². The van der Waals surface area contributed by atoms with Crippen LogP contribution in [-0.2, 0) is 11.2 Å². The molecule has 0 bridgehead atoms. The van der Waals surface area contributed by atoms with Gasteiger partial charge in [-0.3, -0.25) is 4.79 Å². The van der Waals surface area contributed by atoms with Gasteiger partial charge >= 0.3 is 0 Å². The monoisotopic (exact) mass is 299 g/mol. The zero-order valence-corrected chi connectivity index (χ0v) is 13.4. The van der Waals surface area contributed by atoms with Gasteiger partial charge in [-0.1, -0.05) is 32.0 Å². The third-order valence-corrected chi connectivity index (χ3v) is 4.86. The molecule has 0 saturated carbocycles. The van der Waals surface area contributed by atoms with Crippen molar-refractivity contribution in [3.8, 4) is 0 Å². The van der Waals surface area contributed by atoms with Crippen LogP contribution in [0.5, 0.6) is 0 Å². The first-order valence-electron chi connectivity index (χ1n) is 8.06. The summed E-state index contributed by atoms with van der Waals surface area (Å²) in [6, 6.07) is 7.67. The molecule has 2 heterocycles. The maximum Gasteiger partial charge on any atom is 0.239 e. The minimum Gasteiger partial charge on any atom is -0.361 e. The Kier molecular flexibility index (Phi) is 3.96. The molecule has 0 unspecified atom stereocenters. The van der Waals surface area contributed by atoms with E-state index < -0.39 is 6.04 Å². The smallest absolute Gasteiger partial charge is 0.239 e. The van der Waals surface area contributed by atoms with Crippen molar-refractivity contribution in [1.29, 1.82) is 0 Å². The molecule has 1 amide bonds. The fourth-order valence-corrected chi connectivity index (χ4v) is 3.19. The average molecular weight is 299 g/mol. The van der Waals surface area contributed by atoms with Gasteiger partial charge < -0.3 is 15.6 Å². The number of H-pyrrole nitrogens is 1. The summed E-state index contributed by atoms with van der Waals surface area (Å²) in [7, 11) is 0. The van der Waals surface area contributed by atoms with Gasteiger partial charge in [0.15, 0.2) is 0 Å². The van der Waals surface area contributed by atoms with Gasteiger partial charge in [0.25, 0.3) is 0 Å². The second-order valence-corrected chi connectivity index (χ2v) is 7.16. The second-order valence-electron chi connectivity index (χ2n) is 7.16. The summed E-state index contributed by atoms with van der Waals surface area (Å²) >= 11 is 0. The minimum atomic E-state index is -0.458. The molecule has 22 heavy (non-hydrogen) atoms. The molecule has 2 aromatic rings. The topological polar surface area (TPSA) is 62.1 Å². The molecule has 1 saturated heterocycles. The minimum absolute atomic E-state index is 0.0841. The van der Waals surface area contributed by atoms with Crippen molar-refractivity contribution in [2.75, 3.05) is 13.1 Å². The van der Waals surface area contributed by atoms with E-state index in [2.05, 4.69) is 24.9 Å². The molecule has 3 rings (SSSR count). The van der Waals surface area contributed by atoms with E-state index in [4.69, 9.17) is 5.73 Å². The first kappa shape index (κ1) is 15.1. The summed E-state index contributed by atoms with van der Waals surface area (Å²) in [6.07, 6.45) is 4.66. The van der Waals surface area contributed by atoms with Crippen LogP contribution >= 0.6 is 0 Å². The highest BCUT2D eigenvalue weighted by molar-refractivity contribution is 5.86. The molecular formula is C18H25N3O. The number of hydrogen-bond donors (Lipinski definition) is 2. The molecule has 1 aromatic carbocycles. The molecular weight excluding hydrogens is 274 g/mol. The van der Waals surface area contributed by atoms with E-state index in [1.165, 1.54) is 0 Å². The first-order valence-corrected chi connectivity index (χ1v) is 8.06. The highest BCUT2D eigenvalue weighted by atomic mass is 16.2. The largest absolute Gasteiger partial charge is 0.361 e. The van der Waals surface area contributed by atoms with Crippen LogP contribution in [-0.4, -0.2) is 34.9 Å². The molecule has 0 radical (unpaired) electrons. The Morgan fingerprint density at radius 2 is 2.00 bits per heavy atom. The van der Waals surface area contributed by atoms with Gasteiger partial charge in [-0.05, 0) is 36.3 Å². The van der Waals surface area contributed by atoms with E-state index >= 15 is 0 Å². The van der Waals surface area contributed by atoms with Crippen LogP contribution in [0.25, 0.3) is 10.9 Å². The zero-order chi connectivity index (χ0) is 15.7. The maximum absolute atomic E-state index is 12.6. The van der Waals surface area contributed by atoms with Gasteiger partial charge in [0, 0.05) is 30.2 Å². The van der Waals surface area contributed by atoms with E-state index in [9.17, 15) is 4.79 Å². The normalized spacial score (nSPS) is 19.3. The predicted octanol–water partition coefficient (Wildman–Crippen LogP) is 2.69. The van der Waals surface area contributed by atoms with E-state index in [1.54, 1.807) is 0 Å². The number of para-hydroxylation sites is 1. The highest BCUT2D eigenvalue weighted by Crippen LogP contribution is 2.30.